The molecule has 2 N–H and O–H groups in total. The van der Waals surface area contributed by atoms with E-state index in [9.17, 15) is 9.59 Å². The number of nitrogens with one attached hydrogen (secondary N) is 2. The van der Waals surface area contributed by atoms with Gasteiger partial charge in [0.15, 0.2) is 5.16 Å². The zero-order valence-corrected chi connectivity index (χ0v) is 18.5. The number of hydrogen-bond donors (Lipinski definition) is 2. The lowest BCUT2D eigenvalue weighted by atomic mass is 10.2. The van der Waals surface area contributed by atoms with Gasteiger partial charge < -0.3 is 15.0 Å². The van der Waals surface area contributed by atoms with Crippen LogP contribution in [-0.4, -0.2) is 58.8 Å². The molecule has 32 heavy (non-hydrogen) atoms. The van der Waals surface area contributed by atoms with E-state index < -0.39 is 11.9 Å². The number of morpholine rings is 1. The van der Waals surface area contributed by atoms with Crippen LogP contribution in [0.25, 0.3) is 5.69 Å². The van der Waals surface area contributed by atoms with Crippen LogP contribution in [0.3, 0.4) is 0 Å². The molecule has 0 spiro atoms. The largest absolute Gasteiger partial charge is 0.378 e. The van der Waals surface area contributed by atoms with Crippen LogP contribution in [-0.2, 0) is 9.53 Å². The number of aromatic nitrogens is 3. The molecule has 1 fully saturated rings. The number of urea groups is 1. The third-order valence-corrected chi connectivity index (χ3v) is 5.72. The number of carbonyl (C=O) groups is 2. The molecule has 0 saturated carbocycles. The second-order valence-electron chi connectivity index (χ2n) is 7.21. The lowest BCUT2D eigenvalue weighted by molar-refractivity contribution is -0.117. The SMILES string of the molecule is Cc1cccc(-n2c(SCC(=O)NC(=O)Nc3ccccc3)nnc2N2CCOCC2)c1. The van der Waals surface area contributed by atoms with Crippen molar-refractivity contribution in [3.63, 3.8) is 0 Å². The maximum Gasteiger partial charge on any atom is 0.325 e. The number of hydrogen-bond acceptors (Lipinski definition) is 7. The topological polar surface area (TPSA) is 101 Å². The predicted octanol–water partition coefficient (Wildman–Crippen LogP) is 2.85. The molecule has 1 aromatic heterocycles. The minimum Gasteiger partial charge on any atom is -0.378 e. The molecular weight excluding hydrogens is 428 g/mol. The van der Waals surface area contributed by atoms with Crippen molar-refractivity contribution in [3.8, 4) is 5.69 Å². The number of anilines is 2. The molecule has 0 aliphatic carbocycles. The maximum atomic E-state index is 12.4. The molecule has 0 bridgehead atoms. The normalized spacial score (nSPS) is 13.6. The summed E-state index contributed by atoms with van der Waals surface area (Å²) in [5, 5.41) is 14.3. The monoisotopic (exact) mass is 452 g/mol. The molecule has 0 unspecified atom stereocenters. The second-order valence-corrected chi connectivity index (χ2v) is 8.16. The lowest BCUT2D eigenvalue weighted by Crippen LogP contribution is -2.38. The molecule has 10 heteroatoms. The number of imide groups is 1. The first kappa shape index (κ1) is 21.8. The summed E-state index contributed by atoms with van der Waals surface area (Å²) in [6.45, 7) is 4.71. The number of nitrogens with zero attached hydrogens (tertiary/aromatic N) is 4. The number of para-hydroxylation sites is 1. The van der Waals surface area contributed by atoms with Crippen molar-refractivity contribution in [2.24, 2.45) is 0 Å². The summed E-state index contributed by atoms with van der Waals surface area (Å²) in [7, 11) is 0. The van der Waals surface area contributed by atoms with Crippen molar-refractivity contribution < 1.29 is 14.3 Å². The summed E-state index contributed by atoms with van der Waals surface area (Å²) < 4.78 is 7.40. The number of benzene rings is 2. The van der Waals surface area contributed by atoms with Gasteiger partial charge in [-0.25, -0.2) is 4.79 Å². The Balaban J connectivity index is 1.46. The van der Waals surface area contributed by atoms with E-state index in [1.807, 2.05) is 41.8 Å². The highest BCUT2D eigenvalue weighted by molar-refractivity contribution is 7.99. The summed E-state index contributed by atoms with van der Waals surface area (Å²) in [5.74, 6) is 0.314. The average molecular weight is 453 g/mol. The first-order valence-electron chi connectivity index (χ1n) is 10.2. The molecule has 1 aliphatic rings. The van der Waals surface area contributed by atoms with Gasteiger partial charge in [0, 0.05) is 18.8 Å². The van der Waals surface area contributed by atoms with Gasteiger partial charge in [0.1, 0.15) is 0 Å². The van der Waals surface area contributed by atoms with Crippen LogP contribution in [0, 0.1) is 6.92 Å². The molecule has 3 aromatic rings. The van der Waals surface area contributed by atoms with Gasteiger partial charge in [-0.15, -0.1) is 10.2 Å². The number of thioether (sulfide) groups is 1. The maximum absolute atomic E-state index is 12.4. The van der Waals surface area contributed by atoms with E-state index in [0.29, 0.717) is 30.0 Å². The van der Waals surface area contributed by atoms with Gasteiger partial charge in [-0.1, -0.05) is 42.1 Å². The fourth-order valence-corrected chi connectivity index (χ4v) is 4.04. The highest BCUT2D eigenvalue weighted by Crippen LogP contribution is 2.27. The summed E-state index contributed by atoms with van der Waals surface area (Å²) >= 11 is 1.23. The van der Waals surface area contributed by atoms with Crippen molar-refractivity contribution >= 4 is 35.3 Å². The minimum atomic E-state index is -0.573. The Morgan fingerprint density at radius 3 is 2.59 bits per heavy atom. The molecule has 2 aromatic carbocycles. The summed E-state index contributed by atoms with van der Waals surface area (Å²) in [4.78, 5) is 26.5. The number of carbonyl (C=O) groups excluding carboxylic acids is 2. The standard InChI is InChI=1S/C22H24N6O3S/c1-16-6-5-9-18(14-16)28-21(27-10-12-31-13-11-27)25-26-22(28)32-15-19(29)24-20(30)23-17-7-3-2-4-8-17/h2-9,14H,10-13,15H2,1H3,(H2,23,24,29,30). The van der Waals surface area contributed by atoms with Gasteiger partial charge in [0.25, 0.3) is 0 Å². The Bertz CT molecular complexity index is 1080. The van der Waals surface area contributed by atoms with E-state index in [4.69, 9.17) is 4.74 Å². The molecular formula is C22H24N6O3S. The van der Waals surface area contributed by atoms with Crippen molar-refractivity contribution in [2.75, 3.05) is 42.3 Å². The van der Waals surface area contributed by atoms with Crippen LogP contribution in [0.2, 0.25) is 0 Å². The van der Waals surface area contributed by atoms with Gasteiger partial charge in [-0.2, -0.15) is 0 Å². The van der Waals surface area contributed by atoms with Gasteiger partial charge in [0.05, 0.1) is 24.7 Å². The highest BCUT2D eigenvalue weighted by Gasteiger charge is 2.22. The van der Waals surface area contributed by atoms with Crippen molar-refractivity contribution in [1.82, 2.24) is 20.1 Å². The van der Waals surface area contributed by atoms with Crippen molar-refractivity contribution in [2.45, 2.75) is 12.1 Å². The van der Waals surface area contributed by atoms with Crippen LogP contribution < -0.4 is 15.5 Å². The van der Waals surface area contributed by atoms with Crippen LogP contribution >= 0.6 is 11.8 Å². The molecule has 0 radical (unpaired) electrons. The summed E-state index contributed by atoms with van der Waals surface area (Å²) in [6.07, 6.45) is 0. The number of ether oxygens (including phenoxy) is 1. The summed E-state index contributed by atoms with van der Waals surface area (Å²) in [5.41, 5.74) is 2.64. The first-order chi connectivity index (χ1) is 15.6. The quantitative estimate of drug-likeness (QED) is 0.555. The Morgan fingerprint density at radius 1 is 1.06 bits per heavy atom. The second kappa shape index (κ2) is 10.3. The summed E-state index contributed by atoms with van der Waals surface area (Å²) in [6, 6.07) is 16.4. The average Bonchev–Trinajstić information content (AvgIpc) is 3.23. The fraction of sp³-hybridized carbons (Fsp3) is 0.273. The van der Waals surface area contributed by atoms with Gasteiger partial charge in [0.2, 0.25) is 11.9 Å². The molecule has 2 heterocycles. The smallest absolute Gasteiger partial charge is 0.325 e. The molecule has 3 amide bonds. The van der Waals surface area contributed by atoms with Crippen molar-refractivity contribution in [3.05, 3.63) is 60.2 Å². The zero-order chi connectivity index (χ0) is 22.3. The molecule has 9 nitrogen and oxygen atoms in total. The highest BCUT2D eigenvalue weighted by atomic mass is 32.2. The number of amides is 3. The third kappa shape index (κ3) is 5.45. The molecule has 0 atom stereocenters. The molecule has 1 aliphatic heterocycles. The number of rotatable bonds is 6. The fourth-order valence-electron chi connectivity index (χ4n) is 3.29. The van der Waals surface area contributed by atoms with E-state index in [2.05, 4.69) is 25.7 Å². The van der Waals surface area contributed by atoms with E-state index in [-0.39, 0.29) is 5.75 Å². The molecule has 4 rings (SSSR count). The number of aryl methyl sites for hydroxylation is 1. The van der Waals surface area contributed by atoms with Crippen LogP contribution in [0.1, 0.15) is 5.56 Å². The Labute approximate surface area is 190 Å². The van der Waals surface area contributed by atoms with Crippen LogP contribution in [0.15, 0.2) is 59.8 Å². The van der Waals surface area contributed by atoms with Crippen LogP contribution in [0.4, 0.5) is 16.4 Å². The van der Waals surface area contributed by atoms with E-state index in [1.165, 1.54) is 11.8 Å². The Hall–Kier alpha value is -3.37. The van der Waals surface area contributed by atoms with Gasteiger partial charge in [-0.05, 0) is 36.8 Å². The third-order valence-electron chi connectivity index (χ3n) is 4.79. The lowest BCUT2D eigenvalue weighted by Gasteiger charge is -2.28. The molecule has 166 valence electrons. The Morgan fingerprint density at radius 2 is 1.84 bits per heavy atom. The van der Waals surface area contributed by atoms with E-state index in [0.717, 1.165) is 24.3 Å². The molecule has 1 saturated heterocycles. The Kier molecular flexibility index (Phi) is 7.03. The van der Waals surface area contributed by atoms with Crippen LogP contribution in [0.5, 0.6) is 0 Å². The first-order valence-corrected chi connectivity index (χ1v) is 11.2. The zero-order valence-electron chi connectivity index (χ0n) is 17.7. The minimum absolute atomic E-state index is 0.0231. The van der Waals surface area contributed by atoms with Gasteiger partial charge >= 0.3 is 6.03 Å². The van der Waals surface area contributed by atoms with E-state index in [1.54, 1.807) is 24.3 Å². The predicted molar refractivity (Wildman–Crippen MR) is 123 cm³/mol. The van der Waals surface area contributed by atoms with Crippen molar-refractivity contribution in [1.29, 1.82) is 0 Å². The van der Waals surface area contributed by atoms with E-state index >= 15 is 0 Å². The van der Waals surface area contributed by atoms with Gasteiger partial charge in [-0.3, -0.25) is 14.7 Å².